The summed E-state index contributed by atoms with van der Waals surface area (Å²) in [4.78, 5) is 18.8. The monoisotopic (exact) mass is 475 g/mol. The minimum atomic E-state index is -0.218. The van der Waals surface area contributed by atoms with Crippen LogP contribution in [-0.4, -0.2) is 29.1 Å². The molecule has 0 aliphatic heterocycles. The molecular weight excluding hydrogens is 450 g/mol. The summed E-state index contributed by atoms with van der Waals surface area (Å²) >= 11 is 0. The number of rotatable bonds is 5. The lowest BCUT2D eigenvalue weighted by Crippen LogP contribution is -2.25. The van der Waals surface area contributed by atoms with Crippen molar-refractivity contribution in [2.75, 3.05) is 0 Å². The first-order chi connectivity index (χ1) is 17.6. The lowest BCUT2D eigenvalue weighted by Gasteiger charge is -2.26. The molecule has 0 spiro atoms. The van der Waals surface area contributed by atoms with Gasteiger partial charge in [-0.1, -0.05) is 12.5 Å². The second-order valence-corrected chi connectivity index (χ2v) is 10.2. The number of benzene rings is 1. The number of nitrogens with zero attached hydrogens (tertiary/aromatic N) is 7. The van der Waals surface area contributed by atoms with Gasteiger partial charge in [-0.15, -0.1) is 0 Å². The molecule has 0 N–H and O–H groups in total. The highest BCUT2D eigenvalue weighted by atomic mass is 16.1. The topological polar surface area (TPSA) is 94.3 Å². The molecule has 0 bridgehead atoms. The molecule has 2 aliphatic rings. The summed E-state index contributed by atoms with van der Waals surface area (Å²) in [5, 5.41) is 20.1. The van der Waals surface area contributed by atoms with E-state index in [1.54, 1.807) is 4.68 Å². The first kappa shape index (κ1) is 21.1. The van der Waals surface area contributed by atoms with Crippen LogP contribution in [0, 0.1) is 17.2 Å². The molecule has 0 atom stereocenters. The summed E-state index contributed by atoms with van der Waals surface area (Å²) in [5.41, 5.74) is 5.39. The van der Waals surface area contributed by atoms with Crippen molar-refractivity contribution in [2.24, 2.45) is 13.0 Å². The Morgan fingerprint density at radius 3 is 2.64 bits per heavy atom. The van der Waals surface area contributed by atoms with E-state index in [1.807, 2.05) is 56.0 Å². The molecule has 178 valence electrons. The molecule has 36 heavy (non-hydrogen) atoms. The van der Waals surface area contributed by atoms with Crippen LogP contribution in [-0.2, 0) is 13.6 Å². The van der Waals surface area contributed by atoms with Crippen molar-refractivity contribution in [1.82, 2.24) is 29.1 Å². The van der Waals surface area contributed by atoms with E-state index in [4.69, 9.17) is 10.1 Å². The maximum atomic E-state index is 14.1. The van der Waals surface area contributed by atoms with E-state index in [-0.39, 0.29) is 5.56 Å². The number of hydrogen-bond acceptors (Lipinski definition) is 5. The number of fused-ring (bicyclic) bond motifs is 2. The molecular formula is C28H25N7O. The molecule has 1 aromatic carbocycles. The molecule has 4 heterocycles. The zero-order chi connectivity index (χ0) is 24.4. The van der Waals surface area contributed by atoms with Crippen molar-refractivity contribution >= 4 is 21.9 Å². The number of pyridine rings is 1. The normalized spacial score (nSPS) is 15.9. The van der Waals surface area contributed by atoms with Gasteiger partial charge in [-0.05, 0) is 55.9 Å². The van der Waals surface area contributed by atoms with E-state index in [1.165, 1.54) is 36.8 Å². The second-order valence-electron chi connectivity index (χ2n) is 10.2. The van der Waals surface area contributed by atoms with Gasteiger partial charge in [-0.3, -0.25) is 14.5 Å². The van der Waals surface area contributed by atoms with Crippen LogP contribution in [0.1, 0.15) is 49.3 Å². The van der Waals surface area contributed by atoms with E-state index < -0.39 is 0 Å². The largest absolute Gasteiger partial charge is 0.344 e. The van der Waals surface area contributed by atoms with Crippen LogP contribution in [0.25, 0.3) is 38.8 Å². The third kappa shape index (κ3) is 3.34. The average Bonchev–Trinajstić information content (AvgIpc) is 3.55. The van der Waals surface area contributed by atoms with Crippen LogP contribution >= 0.6 is 0 Å². The molecule has 0 saturated heterocycles. The van der Waals surface area contributed by atoms with Gasteiger partial charge >= 0.3 is 0 Å². The van der Waals surface area contributed by atoms with E-state index in [9.17, 15) is 10.1 Å². The first-order valence-electron chi connectivity index (χ1n) is 12.6. The Morgan fingerprint density at radius 2 is 1.94 bits per heavy atom. The zero-order valence-corrected chi connectivity index (χ0v) is 20.1. The van der Waals surface area contributed by atoms with Crippen molar-refractivity contribution in [1.29, 1.82) is 5.26 Å². The van der Waals surface area contributed by atoms with Gasteiger partial charge in [0.05, 0.1) is 27.8 Å². The summed E-state index contributed by atoms with van der Waals surface area (Å²) in [6.45, 7) is 0.783. The van der Waals surface area contributed by atoms with Crippen molar-refractivity contribution in [2.45, 2.75) is 44.6 Å². The Bertz CT molecular complexity index is 1740. The Hall–Kier alpha value is -4.25. The van der Waals surface area contributed by atoms with Crippen molar-refractivity contribution in [3.8, 4) is 22.9 Å². The quantitative estimate of drug-likeness (QED) is 0.368. The fourth-order valence-electron chi connectivity index (χ4n) is 5.32. The molecule has 2 saturated carbocycles. The highest BCUT2D eigenvalue weighted by molar-refractivity contribution is 5.95. The Morgan fingerprint density at radius 1 is 1.08 bits per heavy atom. The van der Waals surface area contributed by atoms with Crippen LogP contribution in [0.3, 0.4) is 0 Å². The van der Waals surface area contributed by atoms with Gasteiger partial charge in [0.1, 0.15) is 11.6 Å². The Balaban J connectivity index is 1.49. The van der Waals surface area contributed by atoms with Gasteiger partial charge in [0, 0.05) is 54.7 Å². The van der Waals surface area contributed by atoms with Crippen LogP contribution < -0.4 is 5.56 Å². The van der Waals surface area contributed by atoms with Crippen molar-refractivity contribution in [3.63, 3.8) is 0 Å². The predicted molar refractivity (Wildman–Crippen MR) is 137 cm³/mol. The van der Waals surface area contributed by atoms with E-state index in [0.29, 0.717) is 34.2 Å². The molecule has 0 radical (unpaired) electrons. The summed E-state index contributed by atoms with van der Waals surface area (Å²) < 4.78 is 5.25. The minimum Gasteiger partial charge on any atom is -0.344 e. The molecule has 4 aromatic heterocycles. The predicted octanol–water partition coefficient (Wildman–Crippen LogP) is 4.69. The molecule has 8 nitrogen and oxygen atoms in total. The molecule has 5 aromatic rings. The maximum absolute atomic E-state index is 14.1. The van der Waals surface area contributed by atoms with Gasteiger partial charge in [0.15, 0.2) is 0 Å². The van der Waals surface area contributed by atoms with Gasteiger partial charge in [-0.25, -0.2) is 0 Å². The fraction of sp³-hybridized carbons (Fsp3) is 0.321. The molecule has 0 unspecified atom stereocenters. The van der Waals surface area contributed by atoms with Gasteiger partial charge in [-0.2, -0.15) is 20.1 Å². The summed E-state index contributed by atoms with van der Waals surface area (Å²) in [6.07, 6.45) is 11.5. The lowest BCUT2D eigenvalue weighted by molar-refractivity contribution is 0.280. The van der Waals surface area contributed by atoms with Gasteiger partial charge in [0.25, 0.3) is 5.56 Å². The third-order valence-corrected chi connectivity index (χ3v) is 7.61. The van der Waals surface area contributed by atoms with E-state index in [2.05, 4.69) is 15.7 Å². The lowest BCUT2D eigenvalue weighted by atomic mass is 9.85. The maximum Gasteiger partial charge on any atom is 0.281 e. The van der Waals surface area contributed by atoms with E-state index in [0.717, 1.165) is 34.2 Å². The number of aryl methyl sites for hydroxylation is 1. The standard InChI is InChI=1S/C28H25N7O/c1-33-15-20-11-22(8-10-24(20)31-33)35-28(36)25(19-7-9-23(30-13-19)18-5-6-18)27-26(32-35)21(12-29)16-34(27)14-17-3-2-4-17/h7-11,13,15-18H,2-6,14H2,1H3. The van der Waals surface area contributed by atoms with Crippen LogP contribution in [0.5, 0.6) is 0 Å². The highest BCUT2D eigenvalue weighted by Crippen LogP contribution is 2.39. The molecule has 7 rings (SSSR count). The Labute approximate surface area is 207 Å². The van der Waals surface area contributed by atoms with Gasteiger partial charge < -0.3 is 4.57 Å². The summed E-state index contributed by atoms with van der Waals surface area (Å²) in [6, 6.07) is 12.0. The molecule has 2 fully saturated rings. The van der Waals surface area contributed by atoms with Crippen molar-refractivity contribution < 1.29 is 0 Å². The van der Waals surface area contributed by atoms with Crippen LogP contribution in [0.15, 0.2) is 53.7 Å². The second kappa shape index (κ2) is 7.89. The fourth-order valence-corrected chi connectivity index (χ4v) is 5.32. The third-order valence-electron chi connectivity index (χ3n) is 7.61. The SMILES string of the molecule is Cn1cc2cc(-n3nc4c(C#N)cn(CC5CCC5)c4c(-c4ccc(C5CC5)nc4)c3=O)ccc2n1. The number of aromatic nitrogens is 6. The first-order valence-corrected chi connectivity index (χ1v) is 12.6. The van der Waals surface area contributed by atoms with Gasteiger partial charge in [0.2, 0.25) is 0 Å². The zero-order valence-electron chi connectivity index (χ0n) is 20.1. The smallest absolute Gasteiger partial charge is 0.281 e. The molecule has 0 amide bonds. The van der Waals surface area contributed by atoms with Crippen LogP contribution in [0.2, 0.25) is 0 Å². The summed E-state index contributed by atoms with van der Waals surface area (Å²) in [7, 11) is 1.87. The van der Waals surface area contributed by atoms with Crippen molar-refractivity contribution in [3.05, 3.63) is 70.5 Å². The number of nitriles is 1. The summed E-state index contributed by atoms with van der Waals surface area (Å²) in [5.74, 6) is 1.10. The number of hydrogen-bond donors (Lipinski definition) is 0. The highest BCUT2D eigenvalue weighted by Gasteiger charge is 2.27. The van der Waals surface area contributed by atoms with E-state index >= 15 is 0 Å². The molecule has 8 heteroatoms. The minimum absolute atomic E-state index is 0.218. The van der Waals surface area contributed by atoms with Crippen LogP contribution in [0.4, 0.5) is 0 Å². The Kier molecular flexibility index (Phi) is 4.61. The average molecular weight is 476 g/mol. The molecule has 2 aliphatic carbocycles.